The molecule has 0 fully saturated rings. The van der Waals surface area contributed by atoms with Crippen LogP contribution >= 0.6 is 11.6 Å². The molecule has 2 nitrogen and oxygen atoms in total. The van der Waals surface area contributed by atoms with E-state index in [9.17, 15) is 0 Å². The van der Waals surface area contributed by atoms with Crippen molar-refractivity contribution in [2.24, 2.45) is 0 Å². The van der Waals surface area contributed by atoms with Crippen LogP contribution in [0.2, 0.25) is 5.02 Å². The van der Waals surface area contributed by atoms with E-state index >= 15 is 0 Å². The molecule has 13 heavy (non-hydrogen) atoms. The Morgan fingerprint density at radius 3 is 2.85 bits per heavy atom. The highest BCUT2D eigenvalue weighted by atomic mass is 35.5. The highest BCUT2D eigenvalue weighted by Gasteiger charge is 2.10. The number of hydrogen-bond donors (Lipinski definition) is 1. The average molecular weight is 200 g/mol. The SMILES string of the molecule is [CH2]C(CO)c1cc(Cl)ccc1OC. The molecule has 1 aromatic carbocycles. The van der Waals surface area contributed by atoms with Crippen molar-refractivity contribution >= 4 is 11.6 Å². The van der Waals surface area contributed by atoms with E-state index < -0.39 is 0 Å². The van der Waals surface area contributed by atoms with E-state index in [2.05, 4.69) is 6.92 Å². The minimum atomic E-state index is -0.200. The van der Waals surface area contributed by atoms with Crippen LogP contribution in [0.5, 0.6) is 5.75 Å². The molecule has 0 aliphatic carbocycles. The lowest BCUT2D eigenvalue weighted by Crippen LogP contribution is -2.01. The molecule has 0 spiro atoms. The van der Waals surface area contributed by atoms with Gasteiger partial charge in [-0.1, -0.05) is 11.6 Å². The highest BCUT2D eigenvalue weighted by molar-refractivity contribution is 6.30. The second-order valence-corrected chi connectivity index (χ2v) is 3.20. The molecule has 1 unspecified atom stereocenters. The van der Waals surface area contributed by atoms with Gasteiger partial charge in [0.05, 0.1) is 13.7 Å². The van der Waals surface area contributed by atoms with Gasteiger partial charge in [-0.05, 0) is 25.1 Å². The Kier molecular flexibility index (Phi) is 3.58. The van der Waals surface area contributed by atoms with Gasteiger partial charge in [-0.15, -0.1) is 0 Å². The standard InChI is InChI=1S/C10H12ClO2/c1-7(6-12)9-5-8(11)3-4-10(9)13-2/h3-5,7,12H,1,6H2,2H3. The first-order valence-electron chi connectivity index (χ1n) is 3.96. The molecule has 1 rings (SSSR count). The van der Waals surface area contributed by atoms with Crippen LogP contribution in [0.4, 0.5) is 0 Å². The van der Waals surface area contributed by atoms with E-state index in [0.717, 1.165) is 5.56 Å². The molecule has 0 saturated carbocycles. The van der Waals surface area contributed by atoms with Crippen molar-refractivity contribution in [3.63, 3.8) is 0 Å². The number of aliphatic hydroxyl groups excluding tert-OH is 1. The Balaban J connectivity index is 3.07. The summed E-state index contributed by atoms with van der Waals surface area (Å²) in [4.78, 5) is 0. The van der Waals surface area contributed by atoms with Crippen molar-refractivity contribution in [3.05, 3.63) is 35.7 Å². The topological polar surface area (TPSA) is 29.5 Å². The third-order valence-corrected chi connectivity index (χ3v) is 2.09. The first kappa shape index (κ1) is 10.4. The van der Waals surface area contributed by atoms with E-state index in [4.69, 9.17) is 21.4 Å². The zero-order chi connectivity index (χ0) is 9.84. The van der Waals surface area contributed by atoms with Crippen LogP contribution in [-0.2, 0) is 0 Å². The molecule has 0 aliphatic heterocycles. The van der Waals surface area contributed by atoms with E-state index in [1.54, 1.807) is 25.3 Å². The van der Waals surface area contributed by atoms with Crippen molar-refractivity contribution in [2.75, 3.05) is 13.7 Å². The molecule has 1 atom stereocenters. The van der Waals surface area contributed by atoms with Gasteiger partial charge >= 0.3 is 0 Å². The Labute approximate surface area is 83.1 Å². The lowest BCUT2D eigenvalue weighted by Gasteiger charge is -2.13. The number of methoxy groups -OCH3 is 1. The summed E-state index contributed by atoms with van der Waals surface area (Å²) in [7, 11) is 1.58. The van der Waals surface area contributed by atoms with Gasteiger partial charge in [0.1, 0.15) is 5.75 Å². The normalized spacial score (nSPS) is 12.6. The molecule has 71 valence electrons. The molecule has 0 aromatic heterocycles. The van der Waals surface area contributed by atoms with E-state index in [0.29, 0.717) is 10.8 Å². The van der Waals surface area contributed by atoms with Crippen LogP contribution in [0.25, 0.3) is 0 Å². The monoisotopic (exact) mass is 199 g/mol. The number of hydrogen-bond acceptors (Lipinski definition) is 2. The third kappa shape index (κ3) is 2.36. The lowest BCUT2D eigenvalue weighted by molar-refractivity contribution is 0.279. The van der Waals surface area contributed by atoms with E-state index in [1.165, 1.54) is 0 Å². The fourth-order valence-electron chi connectivity index (χ4n) is 1.12. The molecule has 1 aromatic rings. The minimum absolute atomic E-state index is 0.0172. The van der Waals surface area contributed by atoms with Crippen LogP contribution in [-0.4, -0.2) is 18.8 Å². The molecule has 0 heterocycles. The zero-order valence-corrected chi connectivity index (χ0v) is 8.21. The summed E-state index contributed by atoms with van der Waals surface area (Å²) in [6.45, 7) is 3.77. The summed E-state index contributed by atoms with van der Waals surface area (Å²) in [5.41, 5.74) is 0.831. The van der Waals surface area contributed by atoms with Gasteiger partial charge in [-0.2, -0.15) is 0 Å². The van der Waals surface area contributed by atoms with Crippen LogP contribution in [0.1, 0.15) is 11.5 Å². The molecule has 0 aliphatic rings. The molecule has 0 saturated heterocycles. The summed E-state index contributed by atoms with van der Waals surface area (Å²) >= 11 is 5.81. The quantitative estimate of drug-likeness (QED) is 0.809. The summed E-state index contributed by atoms with van der Waals surface area (Å²) in [6.07, 6.45) is 0. The number of ether oxygens (including phenoxy) is 1. The van der Waals surface area contributed by atoms with Crippen molar-refractivity contribution in [1.29, 1.82) is 0 Å². The maximum Gasteiger partial charge on any atom is 0.122 e. The smallest absolute Gasteiger partial charge is 0.122 e. The van der Waals surface area contributed by atoms with Crippen LogP contribution in [0, 0.1) is 6.92 Å². The van der Waals surface area contributed by atoms with E-state index in [1.807, 2.05) is 0 Å². The van der Waals surface area contributed by atoms with Crippen molar-refractivity contribution in [2.45, 2.75) is 5.92 Å². The van der Waals surface area contributed by atoms with Gasteiger partial charge in [-0.25, -0.2) is 0 Å². The number of halogens is 1. The largest absolute Gasteiger partial charge is 0.496 e. The first-order chi connectivity index (χ1) is 6.19. The molecular weight excluding hydrogens is 188 g/mol. The van der Waals surface area contributed by atoms with Gasteiger partial charge in [0, 0.05) is 16.5 Å². The molecule has 1 N–H and O–H groups in total. The molecule has 0 amide bonds. The Hall–Kier alpha value is -0.730. The van der Waals surface area contributed by atoms with Gasteiger partial charge in [0.2, 0.25) is 0 Å². The number of benzene rings is 1. The average Bonchev–Trinajstić information content (AvgIpc) is 2.16. The highest BCUT2D eigenvalue weighted by Crippen LogP contribution is 2.28. The molecule has 1 radical (unpaired) electrons. The molecular formula is C10H12ClO2. The Morgan fingerprint density at radius 2 is 2.31 bits per heavy atom. The van der Waals surface area contributed by atoms with E-state index in [-0.39, 0.29) is 12.5 Å². The van der Waals surface area contributed by atoms with Gasteiger partial charge in [0.25, 0.3) is 0 Å². The van der Waals surface area contributed by atoms with Crippen LogP contribution in [0.3, 0.4) is 0 Å². The van der Waals surface area contributed by atoms with Gasteiger partial charge < -0.3 is 9.84 Å². The predicted octanol–water partition coefficient (Wildman–Crippen LogP) is 2.26. The first-order valence-corrected chi connectivity index (χ1v) is 4.34. The van der Waals surface area contributed by atoms with Gasteiger partial charge in [0.15, 0.2) is 0 Å². The maximum absolute atomic E-state index is 8.94. The van der Waals surface area contributed by atoms with Crippen LogP contribution in [0.15, 0.2) is 18.2 Å². The predicted molar refractivity (Wildman–Crippen MR) is 53.2 cm³/mol. The zero-order valence-electron chi connectivity index (χ0n) is 7.46. The van der Waals surface area contributed by atoms with Crippen molar-refractivity contribution in [3.8, 4) is 5.75 Å². The van der Waals surface area contributed by atoms with Gasteiger partial charge in [-0.3, -0.25) is 0 Å². The number of rotatable bonds is 3. The second kappa shape index (κ2) is 4.49. The fourth-order valence-corrected chi connectivity index (χ4v) is 1.30. The molecule has 3 heteroatoms. The van der Waals surface area contributed by atoms with Crippen molar-refractivity contribution in [1.82, 2.24) is 0 Å². The number of aliphatic hydroxyl groups is 1. The minimum Gasteiger partial charge on any atom is -0.496 e. The van der Waals surface area contributed by atoms with Crippen molar-refractivity contribution < 1.29 is 9.84 Å². The summed E-state index contributed by atoms with van der Waals surface area (Å²) in [5.74, 6) is 0.507. The lowest BCUT2D eigenvalue weighted by atomic mass is 10.0. The summed E-state index contributed by atoms with van der Waals surface area (Å²) < 4.78 is 5.11. The summed E-state index contributed by atoms with van der Waals surface area (Å²) in [6, 6.07) is 5.27. The Morgan fingerprint density at radius 1 is 1.62 bits per heavy atom. The Bertz CT molecular complexity index is 286. The summed E-state index contributed by atoms with van der Waals surface area (Å²) in [5, 5.41) is 9.56. The van der Waals surface area contributed by atoms with Crippen LogP contribution < -0.4 is 4.74 Å². The third-order valence-electron chi connectivity index (χ3n) is 1.85. The fraction of sp³-hybridized carbons (Fsp3) is 0.300. The second-order valence-electron chi connectivity index (χ2n) is 2.77. The maximum atomic E-state index is 8.94. The molecule has 0 bridgehead atoms.